The summed E-state index contributed by atoms with van der Waals surface area (Å²) >= 11 is 1.43. The Balaban J connectivity index is 2.69. The van der Waals surface area contributed by atoms with Crippen molar-refractivity contribution in [3.8, 4) is 0 Å². The zero-order chi connectivity index (χ0) is 10.7. The lowest BCUT2D eigenvalue weighted by molar-refractivity contribution is -0.148. The number of carboxylic acids is 1. The second-order valence-corrected chi connectivity index (χ2v) is 4.44. The quantitative estimate of drug-likeness (QED) is 0.755. The monoisotopic (exact) mass is 217 g/mol. The minimum Gasteiger partial charge on any atom is -0.480 e. The van der Waals surface area contributed by atoms with Gasteiger partial charge in [-0.2, -0.15) is 11.8 Å². The van der Waals surface area contributed by atoms with Crippen molar-refractivity contribution in [3.63, 3.8) is 0 Å². The van der Waals surface area contributed by atoms with Gasteiger partial charge in [0.2, 0.25) is 5.91 Å². The van der Waals surface area contributed by atoms with Crippen LogP contribution in [0.4, 0.5) is 0 Å². The Labute approximate surface area is 87.7 Å². The Kier molecular flexibility index (Phi) is 3.80. The molecule has 0 aromatic heterocycles. The van der Waals surface area contributed by atoms with E-state index in [0.717, 1.165) is 6.42 Å². The van der Waals surface area contributed by atoms with Gasteiger partial charge in [-0.15, -0.1) is 0 Å². The molecule has 5 heteroatoms. The number of carbonyl (C=O) groups excluding carboxylic acids is 1. The molecular formula is C9H15NO3S. The standard InChI is InChI=1S/C9H15NO3S/c1-6-3-4-10(7(11)5-14-2)8(6)9(12)13/h6,8H,3-5H2,1-2H3,(H,12,13). The van der Waals surface area contributed by atoms with E-state index in [1.54, 1.807) is 0 Å². The molecule has 4 nitrogen and oxygen atoms in total. The maximum absolute atomic E-state index is 11.5. The molecule has 2 unspecified atom stereocenters. The molecule has 80 valence electrons. The minimum absolute atomic E-state index is 0.0609. The van der Waals surface area contributed by atoms with E-state index in [9.17, 15) is 9.59 Å². The van der Waals surface area contributed by atoms with Gasteiger partial charge in [0.1, 0.15) is 6.04 Å². The van der Waals surface area contributed by atoms with Gasteiger partial charge in [0, 0.05) is 6.54 Å². The van der Waals surface area contributed by atoms with Gasteiger partial charge >= 0.3 is 5.97 Å². The van der Waals surface area contributed by atoms with E-state index < -0.39 is 12.0 Å². The van der Waals surface area contributed by atoms with Gasteiger partial charge in [0.25, 0.3) is 0 Å². The lowest BCUT2D eigenvalue weighted by Gasteiger charge is -2.22. The van der Waals surface area contributed by atoms with Crippen LogP contribution in [0, 0.1) is 5.92 Å². The molecule has 14 heavy (non-hydrogen) atoms. The van der Waals surface area contributed by atoms with Gasteiger partial charge in [-0.25, -0.2) is 4.79 Å². The second-order valence-electron chi connectivity index (χ2n) is 3.57. The van der Waals surface area contributed by atoms with Crippen molar-refractivity contribution in [2.75, 3.05) is 18.6 Å². The van der Waals surface area contributed by atoms with Gasteiger partial charge in [-0.3, -0.25) is 4.79 Å². The van der Waals surface area contributed by atoms with Crippen molar-refractivity contribution in [1.29, 1.82) is 0 Å². The van der Waals surface area contributed by atoms with E-state index in [2.05, 4.69) is 0 Å². The highest BCUT2D eigenvalue weighted by atomic mass is 32.2. The summed E-state index contributed by atoms with van der Waals surface area (Å²) in [6.45, 7) is 2.46. The van der Waals surface area contributed by atoms with Gasteiger partial charge in [0.05, 0.1) is 5.75 Å². The Morgan fingerprint density at radius 1 is 1.57 bits per heavy atom. The summed E-state index contributed by atoms with van der Waals surface area (Å²) < 4.78 is 0. The number of likely N-dealkylation sites (tertiary alicyclic amines) is 1. The molecule has 1 aliphatic heterocycles. The maximum atomic E-state index is 11.5. The number of aliphatic carboxylic acids is 1. The van der Waals surface area contributed by atoms with Gasteiger partial charge in [-0.05, 0) is 18.6 Å². The predicted molar refractivity (Wildman–Crippen MR) is 55.3 cm³/mol. The van der Waals surface area contributed by atoms with Crippen LogP contribution < -0.4 is 0 Å². The van der Waals surface area contributed by atoms with Crippen molar-refractivity contribution in [3.05, 3.63) is 0 Å². The SMILES string of the molecule is CSCC(=O)N1CCC(C)C1C(=O)O. The summed E-state index contributed by atoms with van der Waals surface area (Å²) in [4.78, 5) is 24.0. The van der Waals surface area contributed by atoms with E-state index in [1.807, 2.05) is 13.2 Å². The number of hydrogen-bond acceptors (Lipinski definition) is 3. The summed E-state index contributed by atoms with van der Waals surface area (Å²) in [7, 11) is 0. The zero-order valence-electron chi connectivity index (χ0n) is 8.40. The summed E-state index contributed by atoms with van der Waals surface area (Å²) in [6, 6.07) is -0.616. The molecule has 1 N–H and O–H groups in total. The van der Waals surface area contributed by atoms with Gasteiger partial charge in [0.15, 0.2) is 0 Å². The van der Waals surface area contributed by atoms with Crippen LogP contribution in [-0.4, -0.2) is 46.5 Å². The van der Waals surface area contributed by atoms with Crippen LogP contribution >= 0.6 is 11.8 Å². The highest BCUT2D eigenvalue weighted by molar-refractivity contribution is 7.99. The van der Waals surface area contributed by atoms with Crippen LogP contribution in [0.1, 0.15) is 13.3 Å². The zero-order valence-corrected chi connectivity index (χ0v) is 9.21. The fourth-order valence-electron chi connectivity index (χ4n) is 1.81. The first-order chi connectivity index (χ1) is 6.57. The molecule has 1 rings (SSSR count). The highest BCUT2D eigenvalue weighted by Gasteiger charge is 2.38. The molecule has 0 saturated carbocycles. The van der Waals surface area contributed by atoms with Gasteiger partial charge < -0.3 is 10.0 Å². The van der Waals surface area contributed by atoms with Crippen molar-refractivity contribution < 1.29 is 14.7 Å². The second kappa shape index (κ2) is 4.68. The number of nitrogens with zero attached hydrogens (tertiary/aromatic N) is 1. The summed E-state index contributed by atoms with van der Waals surface area (Å²) in [5.41, 5.74) is 0. The van der Waals surface area contributed by atoms with E-state index in [0.29, 0.717) is 12.3 Å². The third kappa shape index (κ3) is 2.20. The average Bonchev–Trinajstić information content (AvgIpc) is 2.47. The number of rotatable bonds is 3. The molecule has 1 saturated heterocycles. The first-order valence-corrected chi connectivity index (χ1v) is 5.98. The van der Waals surface area contributed by atoms with Crippen molar-refractivity contribution in [2.45, 2.75) is 19.4 Å². The number of amides is 1. The minimum atomic E-state index is -0.885. The van der Waals surface area contributed by atoms with Crippen LogP contribution in [0.15, 0.2) is 0 Å². The van der Waals surface area contributed by atoms with Crippen LogP contribution in [0.5, 0.6) is 0 Å². The fourth-order valence-corrected chi connectivity index (χ4v) is 2.22. The summed E-state index contributed by atoms with van der Waals surface area (Å²) in [5, 5.41) is 8.97. The van der Waals surface area contributed by atoms with Crippen LogP contribution in [0.25, 0.3) is 0 Å². The Bertz CT molecular complexity index is 244. The summed E-state index contributed by atoms with van der Waals surface area (Å²) in [5.74, 6) is -0.506. The number of carbonyl (C=O) groups is 2. The van der Waals surface area contributed by atoms with Crippen LogP contribution in [-0.2, 0) is 9.59 Å². The third-order valence-corrected chi connectivity index (χ3v) is 3.08. The molecule has 0 aromatic rings. The van der Waals surface area contributed by atoms with E-state index in [-0.39, 0.29) is 11.8 Å². The molecule has 1 heterocycles. The molecule has 2 atom stereocenters. The van der Waals surface area contributed by atoms with E-state index >= 15 is 0 Å². The Hall–Kier alpha value is -0.710. The van der Waals surface area contributed by atoms with Crippen molar-refractivity contribution in [2.24, 2.45) is 5.92 Å². The molecule has 1 aliphatic rings. The first-order valence-electron chi connectivity index (χ1n) is 4.59. The van der Waals surface area contributed by atoms with E-state index in [4.69, 9.17) is 5.11 Å². The topological polar surface area (TPSA) is 57.6 Å². The predicted octanol–water partition coefficient (Wildman–Crippen LogP) is 0.671. The van der Waals surface area contributed by atoms with Crippen LogP contribution in [0.2, 0.25) is 0 Å². The smallest absolute Gasteiger partial charge is 0.326 e. The fraction of sp³-hybridized carbons (Fsp3) is 0.778. The average molecular weight is 217 g/mol. The molecule has 0 bridgehead atoms. The lowest BCUT2D eigenvalue weighted by atomic mass is 10.0. The van der Waals surface area contributed by atoms with E-state index in [1.165, 1.54) is 16.7 Å². The molecular weight excluding hydrogens is 202 g/mol. The lowest BCUT2D eigenvalue weighted by Crippen LogP contribution is -2.43. The third-order valence-electron chi connectivity index (χ3n) is 2.54. The van der Waals surface area contributed by atoms with Gasteiger partial charge in [-0.1, -0.05) is 6.92 Å². The highest BCUT2D eigenvalue weighted by Crippen LogP contribution is 2.24. The Morgan fingerprint density at radius 2 is 2.21 bits per heavy atom. The Morgan fingerprint density at radius 3 is 2.71 bits per heavy atom. The molecule has 0 spiro atoms. The summed E-state index contributed by atoms with van der Waals surface area (Å²) in [6.07, 6.45) is 2.63. The number of hydrogen-bond donors (Lipinski definition) is 1. The maximum Gasteiger partial charge on any atom is 0.326 e. The molecule has 1 fully saturated rings. The van der Waals surface area contributed by atoms with Crippen molar-refractivity contribution in [1.82, 2.24) is 4.90 Å². The molecule has 0 aromatic carbocycles. The largest absolute Gasteiger partial charge is 0.480 e. The molecule has 0 aliphatic carbocycles. The normalized spacial score (nSPS) is 26.6. The first kappa shape index (κ1) is 11.4. The number of carboxylic acid groups (broad SMARTS) is 1. The van der Waals surface area contributed by atoms with Crippen molar-refractivity contribution >= 4 is 23.6 Å². The molecule has 1 amide bonds. The van der Waals surface area contributed by atoms with Crippen LogP contribution in [0.3, 0.4) is 0 Å². The number of thioether (sulfide) groups is 1. The molecule has 0 radical (unpaired) electrons.